The van der Waals surface area contributed by atoms with Crippen molar-refractivity contribution in [2.75, 3.05) is 18.4 Å². The predicted octanol–water partition coefficient (Wildman–Crippen LogP) is 4.27. The molecule has 29 heavy (non-hydrogen) atoms. The van der Waals surface area contributed by atoms with E-state index in [1.54, 1.807) is 22.2 Å². The summed E-state index contributed by atoms with van der Waals surface area (Å²) in [5.74, 6) is 0.290. The summed E-state index contributed by atoms with van der Waals surface area (Å²) in [6.45, 7) is 5.89. The zero-order valence-electron chi connectivity index (χ0n) is 16.6. The maximum atomic E-state index is 13.4. The molecule has 1 aliphatic rings. The molecule has 1 saturated heterocycles. The molecule has 154 valence electrons. The number of nitrogens with zero attached hydrogens (tertiary/aromatic N) is 3. The van der Waals surface area contributed by atoms with Gasteiger partial charge in [-0.05, 0) is 37.9 Å². The van der Waals surface area contributed by atoms with Crippen molar-refractivity contribution in [2.24, 2.45) is 0 Å². The Balaban J connectivity index is 0.00000240. The molecule has 0 atom stereocenters. The van der Waals surface area contributed by atoms with Crippen LogP contribution in [-0.4, -0.2) is 33.8 Å². The van der Waals surface area contributed by atoms with Crippen molar-refractivity contribution in [1.29, 1.82) is 0 Å². The Morgan fingerprint density at radius 2 is 1.93 bits per heavy atom. The third kappa shape index (κ3) is 4.22. The van der Waals surface area contributed by atoms with Gasteiger partial charge in [-0.1, -0.05) is 44.2 Å². The minimum absolute atomic E-state index is 0. The van der Waals surface area contributed by atoms with Crippen LogP contribution < -0.4 is 10.6 Å². The Morgan fingerprint density at radius 3 is 2.55 bits per heavy atom. The summed E-state index contributed by atoms with van der Waals surface area (Å²) >= 11 is 1.56. The van der Waals surface area contributed by atoms with E-state index in [2.05, 4.69) is 41.7 Å². The summed E-state index contributed by atoms with van der Waals surface area (Å²) in [7, 11) is 0. The zero-order valence-corrected chi connectivity index (χ0v) is 18.2. The lowest BCUT2D eigenvalue weighted by Crippen LogP contribution is -2.52. The van der Waals surface area contributed by atoms with E-state index in [1.165, 1.54) is 4.88 Å². The second kappa shape index (κ2) is 9.07. The number of halogens is 1. The molecule has 0 spiro atoms. The number of anilines is 1. The summed E-state index contributed by atoms with van der Waals surface area (Å²) in [5, 5.41) is 11.5. The fraction of sp³-hybridized carbons (Fsp3) is 0.381. The smallest absolute Gasteiger partial charge is 0.254 e. The fourth-order valence-electron chi connectivity index (χ4n) is 3.72. The first kappa shape index (κ1) is 21.5. The van der Waals surface area contributed by atoms with Crippen molar-refractivity contribution in [3.05, 3.63) is 53.7 Å². The van der Waals surface area contributed by atoms with Gasteiger partial charge in [-0.3, -0.25) is 14.8 Å². The first-order chi connectivity index (χ1) is 13.6. The number of rotatable bonds is 5. The third-order valence-corrected chi connectivity index (χ3v) is 6.51. The monoisotopic (exact) mass is 431 g/mol. The van der Waals surface area contributed by atoms with Gasteiger partial charge in [0, 0.05) is 22.8 Å². The molecule has 6 nitrogen and oxygen atoms in total. The van der Waals surface area contributed by atoms with Crippen LogP contribution in [0, 0.1) is 0 Å². The van der Waals surface area contributed by atoms with Crippen LogP contribution in [0.4, 0.5) is 5.13 Å². The van der Waals surface area contributed by atoms with E-state index in [0.29, 0.717) is 23.9 Å². The maximum Gasteiger partial charge on any atom is 0.254 e. The molecule has 0 saturated carbocycles. The van der Waals surface area contributed by atoms with Crippen LogP contribution in [0.1, 0.15) is 37.5 Å². The van der Waals surface area contributed by atoms with Crippen molar-refractivity contribution >= 4 is 34.8 Å². The Labute approximate surface area is 181 Å². The standard InChI is InChI=1S/C21H25N5OS.ClH/c1-15(2)18-17(16-7-4-3-5-8-16)24-20(28-18)25-19(27)21(9-12-22-13-10-21)26-14-6-11-23-26;/h3-8,11,14-15,22H,9-10,12-13H2,1-2H3,(H,24,25,27);1H. The maximum absolute atomic E-state index is 13.4. The van der Waals surface area contributed by atoms with Crippen LogP contribution in [-0.2, 0) is 10.3 Å². The van der Waals surface area contributed by atoms with E-state index in [9.17, 15) is 4.79 Å². The number of piperidine rings is 1. The lowest BCUT2D eigenvalue weighted by molar-refractivity contribution is -0.126. The van der Waals surface area contributed by atoms with Crippen molar-refractivity contribution < 1.29 is 4.79 Å². The molecule has 2 N–H and O–H groups in total. The Kier molecular flexibility index (Phi) is 6.72. The molecule has 2 aromatic heterocycles. The average molecular weight is 432 g/mol. The molecule has 8 heteroatoms. The predicted molar refractivity (Wildman–Crippen MR) is 120 cm³/mol. The molecule has 3 heterocycles. The minimum Gasteiger partial charge on any atom is -0.317 e. The molecule has 1 amide bonds. The van der Waals surface area contributed by atoms with Gasteiger partial charge in [0.05, 0.1) is 5.69 Å². The van der Waals surface area contributed by atoms with Gasteiger partial charge >= 0.3 is 0 Å². The van der Waals surface area contributed by atoms with Gasteiger partial charge in [-0.25, -0.2) is 4.98 Å². The number of nitrogens with one attached hydrogen (secondary N) is 2. The molecular formula is C21H26ClN5OS. The van der Waals surface area contributed by atoms with Gasteiger partial charge < -0.3 is 5.32 Å². The summed E-state index contributed by atoms with van der Waals surface area (Å²) in [6, 6.07) is 12.0. The number of thiazole rings is 1. The number of hydrogen-bond acceptors (Lipinski definition) is 5. The first-order valence-corrected chi connectivity index (χ1v) is 10.5. The molecule has 0 unspecified atom stereocenters. The van der Waals surface area contributed by atoms with E-state index in [0.717, 1.165) is 24.3 Å². The Morgan fingerprint density at radius 1 is 1.21 bits per heavy atom. The normalized spacial score (nSPS) is 15.7. The molecule has 0 aliphatic carbocycles. The number of carbonyl (C=O) groups excluding carboxylic acids is 1. The molecular weight excluding hydrogens is 406 g/mol. The SMILES string of the molecule is CC(C)c1sc(NC(=O)C2(n3cccn3)CCNCC2)nc1-c1ccccc1.Cl. The van der Waals surface area contributed by atoms with Gasteiger partial charge in [0.1, 0.15) is 5.54 Å². The highest BCUT2D eigenvalue weighted by molar-refractivity contribution is 7.16. The number of benzene rings is 1. The van der Waals surface area contributed by atoms with Crippen LogP contribution >= 0.6 is 23.7 Å². The fourth-order valence-corrected chi connectivity index (χ4v) is 4.70. The summed E-state index contributed by atoms with van der Waals surface area (Å²) in [6.07, 6.45) is 5.01. The molecule has 3 aromatic rings. The van der Waals surface area contributed by atoms with E-state index in [-0.39, 0.29) is 18.3 Å². The Bertz CT molecular complexity index is 933. The Hall–Kier alpha value is -2.22. The van der Waals surface area contributed by atoms with E-state index >= 15 is 0 Å². The number of aromatic nitrogens is 3. The van der Waals surface area contributed by atoms with Gasteiger partial charge in [0.25, 0.3) is 5.91 Å². The lowest BCUT2D eigenvalue weighted by atomic mass is 9.87. The average Bonchev–Trinajstić information content (AvgIpc) is 3.40. The molecule has 0 bridgehead atoms. The van der Waals surface area contributed by atoms with E-state index in [4.69, 9.17) is 4.98 Å². The minimum atomic E-state index is -0.675. The van der Waals surface area contributed by atoms with Gasteiger partial charge in [0.15, 0.2) is 5.13 Å². The summed E-state index contributed by atoms with van der Waals surface area (Å²) in [4.78, 5) is 19.4. The van der Waals surface area contributed by atoms with E-state index in [1.807, 2.05) is 30.5 Å². The molecule has 0 radical (unpaired) electrons. The molecule has 1 fully saturated rings. The van der Waals surface area contributed by atoms with Gasteiger partial charge in [0.2, 0.25) is 0 Å². The zero-order chi connectivity index (χ0) is 19.6. The van der Waals surface area contributed by atoms with Gasteiger partial charge in [-0.2, -0.15) is 5.10 Å². The number of hydrogen-bond donors (Lipinski definition) is 2. The largest absolute Gasteiger partial charge is 0.317 e. The van der Waals surface area contributed by atoms with Crippen LogP contribution in [0.3, 0.4) is 0 Å². The first-order valence-electron chi connectivity index (χ1n) is 9.68. The summed E-state index contributed by atoms with van der Waals surface area (Å²) < 4.78 is 1.80. The third-order valence-electron chi connectivity index (χ3n) is 5.24. The molecule has 1 aromatic carbocycles. The van der Waals surface area contributed by atoms with Crippen LogP contribution in [0.5, 0.6) is 0 Å². The van der Waals surface area contributed by atoms with Crippen molar-refractivity contribution in [1.82, 2.24) is 20.1 Å². The van der Waals surface area contributed by atoms with Crippen LogP contribution in [0.25, 0.3) is 11.3 Å². The van der Waals surface area contributed by atoms with Crippen molar-refractivity contribution in [2.45, 2.75) is 38.1 Å². The van der Waals surface area contributed by atoms with Crippen molar-refractivity contribution in [3.63, 3.8) is 0 Å². The highest BCUT2D eigenvalue weighted by atomic mass is 35.5. The topological polar surface area (TPSA) is 71.8 Å². The summed E-state index contributed by atoms with van der Waals surface area (Å²) in [5.41, 5.74) is 1.35. The second-order valence-corrected chi connectivity index (χ2v) is 8.47. The lowest BCUT2D eigenvalue weighted by Gasteiger charge is -2.36. The quantitative estimate of drug-likeness (QED) is 0.632. The van der Waals surface area contributed by atoms with Crippen molar-refractivity contribution in [3.8, 4) is 11.3 Å². The molecule has 1 aliphatic heterocycles. The number of amides is 1. The number of carbonyl (C=O) groups is 1. The highest BCUT2D eigenvalue weighted by Crippen LogP contribution is 2.37. The molecule has 4 rings (SSSR count). The van der Waals surface area contributed by atoms with E-state index < -0.39 is 5.54 Å². The van der Waals surface area contributed by atoms with Crippen LogP contribution in [0.15, 0.2) is 48.8 Å². The highest BCUT2D eigenvalue weighted by Gasteiger charge is 2.42. The van der Waals surface area contributed by atoms with Gasteiger partial charge in [-0.15, -0.1) is 23.7 Å². The second-order valence-electron chi connectivity index (χ2n) is 7.44. The van der Waals surface area contributed by atoms with Crippen LogP contribution in [0.2, 0.25) is 0 Å².